The van der Waals surface area contributed by atoms with Gasteiger partial charge in [-0.1, -0.05) is 66.7 Å². The summed E-state index contributed by atoms with van der Waals surface area (Å²) in [7, 11) is 0. The molecule has 0 saturated carbocycles. The van der Waals surface area contributed by atoms with Gasteiger partial charge in [-0.2, -0.15) is 0 Å². The summed E-state index contributed by atoms with van der Waals surface area (Å²) in [5.74, 6) is 0. The SMILES string of the molecule is c1ccc(N(c2ccccc2)c2cccc3c2oc2ccc4c5ccc6sc7ccccc7c6c5oc4c23)cc1. The number of fused-ring (bicyclic) bond motifs is 11. The van der Waals surface area contributed by atoms with E-state index in [4.69, 9.17) is 8.83 Å². The van der Waals surface area contributed by atoms with Gasteiger partial charge in [0, 0.05) is 47.7 Å². The molecule has 0 radical (unpaired) electrons. The van der Waals surface area contributed by atoms with E-state index < -0.39 is 0 Å². The second kappa shape index (κ2) is 8.22. The fourth-order valence-electron chi connectivity index (χ4n) is 6.12. The Hall–Kier alpha value is -5.06. The van der Waals surface area contributed by atoms with Crippen molar-refractivity contribution in [1.29, 1.82) is 0 Å². The summed E-state index contributed by atoms with van der Waals surface area (Å²) < 4.78 is 16.0. The van der Waals surface area contributed by atoms with Crippen molar-refractivity contribution in [3.05, 3.63) is 127 Å². The van der Waals surface area contributed by atoms with Crippen LogP contribution in [0.1, 0.15) is 0 Å². The molecule has 0 unspecified atom stereocenters. The van der Waals surface area contributed by atoms with Crippen molar-refractivity contribution in [3.8, 4) is 0 Å². The van der Waals surface area contributed by atoms with Gasteiger partial charge in [0.25, 0.3) is 0 Å². The van der Waals surface area contributed by atoms with E-state index in [9.17, 15) is 0 Å². The molecule has 3 heterocycles. The lowest BCUT2D eigenvalue weighted by Gasteiger charge is -2.25. The third-order valence-corrected chi connectivity index (χ3v) is 8.99. The Morgan fingerprint density at radius 3 is 1.85 bits per heavy atom. The quantitative estimate of drug-likeness (QED) is 0.227. The zero-order chi connectivity index (χ0) is 26.2. The second-order valence-electron chi connectivity index (χ2n) is 10.1. The summed E-state index contributed by atoms with van der Waals surface area (Å²) in [4.78, 5) is 2.25. The molecule has 3 aromatic heterocycles. The summed E-state index contributed by atoms with van der Waals surface area (Å²) >= 11 is 1.81. The monoisotopic (exact) mass is 531 g/mol. The maximum absolute atomic E-state index is 6.81. The summed E-state index contributed by atoms with van der Waals surface area (Å²) in [6.45, 7) is 0. The van der Waals surface area contributed by atoms with E-state index in [2.05, 4.69) is 120 Å². The van der Waals surface area contributed by atoms with Gasteiger partial charge in [0.1, 0.15) is 16.7 Å². The fraction of sp³-hybridized carbons (Fsp3) is 0. The van der Waals surface area contributed by atoms with Crippen LogP contribution in [0.5, 0.6) is 0 Å². The smallest absolute Gasteiger partial charge is 0.159 e. The molecule has 40 heavy (non-hydrogen) atoms. The van der Waals surface area contributed by atoms with E-state index in [-0.39, 0.29) is 0 Å². The number of thiophene rings is 1. The molecular weight excluding hydrogens is 510 g/mol. The number of anilines is 3. The highest BCUT2D eigenvalue weighted by atomic mass is 32.1. The number of hydrogen-bond donors (Lipinski definition) is 0. The number of para-hydroxylation sites is 3. The molecule has 0 spiro atoms. The first kappa shape index (κ1) is 21.8. The molecule has 0 saturated heterocycles. The molecule has 0 bridgehead atoms. The van der Waals surface area contributed by atoms with Gasteiger partial charge in [0.15, 0.2) is 5.58 Å². The Labute approximate surface area is 233 Å². The number of rotatable bonds is 3. The van der Waals surface area contributed by atoms with Gasteiger partial charge in [-0.05, 0) is 60.7 Å². The average Bonchev–Trinajstić information content (AvgIpc) is 3.69. The molecule has 0 amide bonds. The van der Waals surface area contributed by atoms with Crippen LogP contribution in [0.15, 0.2) is 136 Å². The third kappa shape index (κ3) is 2.99. The molecule has 9 rings (SSSR count). The number of benzene rings is 6. The number of nitrogens with zero attached hydrogens (tertiary/aromatic N) is 1. The largest absolute Gasteiger partial charge is 0.455 e. The molecule has 0 aliphatic heterocycles. The predicted molar refractivity (Wildman–Crippen MR) is 169 cm³/mol. The van der Waals surface area contributed by atoms with E-state index >= 15 is 0 Å². The van der Waals surface area contributed by atoms with Crippen LogP contribution in [0.4, 0.5) is 17.1 Å². The molecule has 188 valence electrons. The first-order chi connectivity index (χ1) is 19.8. The lowest BCUT2D eigenvalue weighted by atomic mass is 10.1. The summed E-state index contributed by atoms with van der Waals surface area (Å²) in [6, 6.07) is 44.5. The minimum atomic E-state index is 0.821. The van der Waals surface area contributed by atoms with Crippen LogP contribution < -0.4 is 4.90 Å². The molecule has 6 aromatic carbocycles. The van der Waals surface area contributed by atoms with Crippen LogP contribution in [-0.4, -0.2) is 0 Å². The topological polar surface area (TPSA) is 29.5 Å². The second-order valence-corrected chi connectivity index (χ2v) is 11.2. The van der Waals surface area contributed by atoms with E-state index in [0.29, 0.717) is 0 Å². The van der Waals surface area contributed by atoms with Crippen molar-refractivity contribution in [2.45, 2.75) is 0 Å². The van der Waals surface area contributed by atoms with E-state index in [1.54, 1.807) is 0 Å². The summed E-state index contributed by atoms with van der Waals surface area (Å²) in [5.41, 5.74) is 6.60. The average molecular weight is 532 g/mol. The fourth-order valence-corrected chi connectivity index (χ4v) is 7.23. The molecule has 0 atom stereocenters. The molecule has 9 aromatic rings. The first-order valence-electron chi connectivity index (χ1n) is 13.4. The molecule has 0 aliphatic rings. The molecular formula is C36H21NO2S. The Morgan fingerprint density at radius 2 is 1.07 bits per heavy atom. The Balaban J connectivity index is 1.37. The van der Waals surface area contributed by atoms with Gasteiger partial charge in [0.05, 0.1) is 11.1 Å². The van der Waals surface area contributed by atoms with Gasteiger partial charge >= 0.3 is 0 Å². The van der Waals surface area contributed by atoms with Crippen molar-refractivity contribution in [3.63, 3.8) is 0 Å². The maximum Gasteiger partial charge on any atom is 0.159 e. The Kier molecular flexibility index (Phi) is 4.48. The molecule has 0 fully saturated rings. The van der Waals surface area contributed by atoms with Gasteiger partial charge in [-0.3, -0.25) is 0 Å². The van der Waals surface area contributed by atoms with Gasteiger partial charge in [0.2, 0.25) is 0 Å². The number of hydrogen-bond acceptors (Lipinski definition) is 4. The van der Waals surface area contributed by atoms with Crippen LogP contribution in [0.2, 0.25) is 0 Å². The minimum Gasteiger partial charge on any atom is -0.455 e. The maximum atomic E-state index is 6.81. The summed E-state index contributed by atoms with van der Waals surface area (Å²) in [5, 5.41) is 6.73. The highest BCUT2D eigenvalue weighted by Gasteiger charge is 2.22. The van der Waals surface area contributed by atoms with Crippen molar-refractivity contribution in [2.75, 3.05) is 4.90 Å². The third-order valence-electron chi connectivity index (χ3n) is 7.85. The molecule has 4 heteroatoms. The molecule has 0 aliphatic carbocycles. The Bertz CT molecular complexity index is 2340. The standard InChI is InChI=1S/C36H21NO2S/c1-3-10-22(11-4-1)37(23-12-5-2-6-13-23)28-16-9-15-27-32-29(38-34(27)28)20-18-24-25-19-21-31-33(36(25)39-35(24)32)26-14-7-8-17-30(26)40-31/h1-21H. The van der Waals surface area contributed by atoms with Crippen LogP contribution in [0.25, 0.3) is 64.0 Å². The Morgan fingerprint density at radius 1 is 0.425 bits per heavy atom. The zero-order valence-electron chi connectivity index (χ0n) is 21.3. The van der Waals surface area contributed by atoms with Crippen molar-refractivity contribution in [2.24, 2.45) is 0 Å². The van der Waals surface area contributed by atoms with Crippen LogP contribution in [-0.2, 0) is 0 Å². The van der Waals surface area contributed by atoms with Gasteiger partial charge in [-0.25, -0.2) is 0 Å². The van der Waals surface area contributed by atoms with Gasteiger partial charge < -0.3 is 13.7 Å². The summed E-state index contributed by atoms with van der Waals surface area (Å²) in [6.07, 6.45) is 0. The highest BCUT2D eigenvalue weighted by molar-refractivity contribution is 7.26. The number of furan rings is 2. The van der Waals surface area contributed by atoms with Crippen molar-refractivity contribution < 1.29 is 8.83 Å². The van der Waals surface area contributed by atoms with E-state index in [1.807, 2.05) is 23.5 Å². The first-order valence-corrected chi connectivity index (χ1v) is 14.2. The minimum absolute atomic E-state index is 0.821. The van der Waals surface area contributed by atoms with E-state index in [1.165, 1.54) is 20.2 Å². The predicted octanol–water partition coefficient (Wildman–Crippen LogP) is 11.3. The zero-order valence-corrected chi connectivity index (χ0v) is 22.1. The van der Waals surface area contributed by atoms with Crippen molar-refractivity contribution in [1.82, 2.24) is 0 Å². The normalized spacial score (nSPS) is 12.0. The highest BCUT2D eigenvalue weighted by Crippen LogP contribution is 2.47. The van der Waals surface area contributed by atoms with E-state index in [0.717, 1.165) is 60.9 Å². The van der Waals surface area contributed by atoms with Crippen LogP contribution in [0.3, 0.4) is 0 Å². The van der Waals surface area contributed by atoms with Crippen LogP contribution >= 0.6 is 11.3 Å². The van der Waals surface area contributed by atoms with Gasteiger partial charge in [-0.15, -0.1) is 11.3 Å². The lowest BCUT2D eigenvalue weighted by Crippen LogP contribution is -2.09. The van der Waals surface area contributed by atoms with Crippen molar-refractivity contribution >= 4 is 92.4 Å². The lowest BCUT2D eigenvalue weighted by molar-refractivity contribution is 0.664. The molecule has 0 N–H and O–H groups in total. The molecule has 3 nitrogen and oxygen atoms in total. The van der Waals surface area contributed by atoms with Crippen LogP contribution in [0, 0.1) is 0 Å².